The number of carbonyl (C=O) groups is 2. The van der Waals surface area contributed by atoms with Gasteiger partial charge in [0.05, 0.1) is 12.1 Å². The van der Waals surface area contributed by atoms with Crippen LogP contribution in [0.25, 0.3) is 0 Å². The van der Waals surface area contributed by atoms with Crippen molar-refractivity contribution in [1.29, 1.82) is 0 Å². The summed E-state index contributed by atoms with van der Waals surface area (Å²) in [6, 6.07) is 0.00952. The van der Waals surface area contributed by atoms with E-state index in [0.717, 1.165) is 6.42 Å². The summed E-state index contributed by atoms with van der Waals surface area (Å²) in [4.78, 5) is 24.3. The van der Waals surface area contributed by atoms with E-state index in [4.69, 9.17) is 5.11 Å². The summed E-state index contributed by atoms with van der Waals surface area (Å²) in [6.07, 6.45) is 10.4. The lowest BCUT2D eigenvalue weighted by Crippen LogP contribution is -2.32. The van der Waals surface area contributed by atoms with Crippen molar-refractivity contribution in [3.63, 3.8) is 0 Å². The fourth-order valence-corrected chi connectivity index (χ4v) is 2.69. The van der Waals surface area contributed by atoms with E-state index in [-0.39, 0.29) is 24.3 Å². The first-order valence-electron chi connectivity index (χ1n) is 8.88. The Morgan fingerprint density at radius 3 is 2.88 bits per heavy atom. The van der Waals surface area contributed by atoms with Gasteiger partial charge in [-0.2, -0.15) is 0 Å². The first-order valence-corrected chi connectivity index (χ1v) is 8.88. The molecule has 0 spiro atoms. The van der Waals surface area contributed by atoms with E-state index in [2.05, 4.69) is 11.8 Å². The van der Waals surface area contributed by atoms with Crippen molar-refractivity contribution in [2.75, 3.05) is 6.54 Å². The summed E-state index contributed by atoms with van der Waals surface area (Å²) >= 11 is 0. The van der Waals surface area contributed by atoms with E-state index in [1.807, 2.05) is 25.2 Å². The molecular formula is C20H29NO4. The Balaban J connectivity index is 2.48. The summed E-state index contributed by atoms with van der Waals surface area (Å²) in [5.74, 6) is 5.19. The largest absolute Gasteiger partial charge is 0.481 e. The number of nitrogens with zero attached hydrogens (tertiary/aromatic N) is 1. The Morgan fingerprint density at radius 1 is 1.44 bits per heavy atom. The first kappa shape index (κ1) is 21.0. The van der Waals surface area contributed by atoms with Crippen molar-refractivity contribution in [3.05, 3.63) is 24.3 Å². The lowest BCUT2D eigenvalue weighted by molar-refractivity contribution is -0.137. The molecule has 0 saturated carbocycles. The Hall–Kier alpha value is -2.06. The molecule has 0 aliphatic carbocycles. The van der Waals surface area contributed by atoms with Crippen molar-refractivity contribution in [1.82, 2.24) is 4.90 Å². The molecule has 0 radical (unpaired) electrons. The molecule has 5 heteroatoms. The molecule has 1 heterocycles. The Kier molecular flexibility index (Phi) is 9.64. The van der Waals surface area contributed by atoms with Crippen LogP contribution in [-0.4, -0.2) is 45.7 Å². The predicted octanol–water partition coefficient (Wildman–Crippen LogP) is 2.76. The van der Waals surface area contributed by atoms with Gasteiger partial charge in [0.2, 0.25) is 5.91 Å². The molecule has 0 aromatic heterocycles. The minimum atomic E-state index is -0.786. The number of carboxylic acids is 1. The minimum Gasteiger partial charge on any atom is -0.481 e. The number of unbranched alkanes of at least 4 members (excludes halogenated alkanes) is 1. The highest BCUT2D eigenvalue weighted by Crippen LogP contribution is 2.20. The molecular weight excluding hydrogens is 318 g/mol. The SMILES string of the molecule is CC#CC[C@H](C)[C@H](O)/C=C/[C@H]1CCC(=O)N1C/C=C/CCCC(=O)O. The normalized spacial score (nSPS) is 20.0. The predicted molar refractivity (Wildman–Crippen MR) is 97.7 cm³/mol. The van der Waals surface area contributed by atoms with E-state index in [1.54, 1.807) is 17.9 Å². The summed E-state index contributed by atoms with van der Waals surface area (Å²) in [6.45, 7) is 4.26. The second kappa shape index (κ2) is 11.5. The van der Waals surface area contributed by atoms with Gasteiger partial charge < -0.3 is 15.1 Å². The molecule has 1 aliphatic rings. The first-order chi connectivity index (χ1) is 12.0. The molecule has 3 atom stereocenters. The smallest absolute Gasteiger partial charge is 0.303 e. The van der Waals surface area contributed by atoms with Crippen LogP contribution in [-0.2, 0) is 9.59 Å². The third-order valence-electron chi connectivity index (χ3n) is 4.32. The van der Waals surface area contributed by atoms with Crippen LogP contribution in [0.4, 0.5) is 0 Å². The zero-order valence-corrected chi connectivity index (χ0v) is 15.1. The standard InChI is InChI=1S/C20H29NO4/c1-3-4-9-16(2)18(22)13-11-17-12-14-19(23)21(17)15-8-6-5-7-10-20(24)25/h6,8,11,13,16-18,22H,5,7,9-10,12,14-15H2,1-2H3,(H,24,25)/b8-6+,13-11+/t16-,17-,18+/m0/s1. The van der Waals surface area contributed by atoms with Gasteiger partial charge >= 0.3 is 5.97 Å². The lowest BCUT2D eigenvalue weighted by atomic mass is 10.00. The minimum absolute atomic E-state index is 0.00952. The van der Waals surface area contributed by atoms with E-state index in [1.165, 1.54) is 0 Å². The molecule has 2 N–H and O–H groups in total. The molecule has 1 saturated heterocycles. The van der Waals surface area contributed by atoms with Gasteiger partial charge in [-0.15, -0.1) is 11.8 Å². The van der Waals surface area contributed by atoms with E-state index in [0.29, 0.717) is 32.2 Å². The third kappa shape index (κ3) is 8.04. The molecule has 1 rings (SSSR count). The van der Waals surface area contributed by atoms with Gasteiger partial charge in [0.15, 0.2) is 0 Å². The van der Waals surface area contributed by atoms with Gasteiger partial charge in [0, 0.05) is 25.8 Å². The van der Waals surface area contributed by atoms with E-state index < -0.39 is 12.1 Å². The van der Waals surface area contributed by atoms with Crippen LogP contribution >= 0.6 is 0 Å². The summed E-state index contributed by atoms with van der Waals surface area (Å²) in [5, 5.41) is 18.7. The monoisotopic (exact) mass is 347 g/mol. The highest BCUT2D eigenvalue weighted by Gasteiger charge is 2.28. The zero-order chi connectivity index (χ0) is 18.7. The molecule has 0 bridgehead atoms. The average Bonchev–Trinajstić information content (AvgIpc) is 2.93. The number of hydrogen-bond donors (Lipinski definition) is 2. The molecule has 0 aromatic carbocycles. The van der Waals surface area contributed by atoms with Gasteiger partial charge in [0.25, 0.3) is 0 Å². The third-order valence-corrected chi connectivity index (χ3v) is 4.32. The number of aliphatic hydroxyl groups excluding tert-OH is 1. The summed E-state index contributed by atoms with van der Waals surface area (Å²) < 4.78 is 0. The van der Waals surface area contributed by atoms with Gasteiger partial charge in [0.1, 0.15) is 0 Å². The molecule has 1 fully saturated rings. The van der Waals surface area contributed by atoms with Crippen LogP contribution in [0.3, 0.4) is 0 Å². The maximum atomic E-state index is 12.0. The number of aliphatic carboxylic acids is 1. The van der Waals surface area contributed by atoms with Crippen LogP contribution < -0.4 is 0 Å². The number of likely N-dealkylation sites (tertiary alicyclic amines) is 1. The molecule has 1 amide bonds. The summed E-state index contributed by atoms with van der Waals surface area (Å²) in [5.41, 5.74) is 0. The molecule has 1 aliphatic heterocycles. The average molecular weight is 347 g/mol. The number of carbonyl (C=O) groups excluding carboxylic acids is 1. The Bertz CT molecular complexity index is 556. The fraction of sp³-hybridized carbons (Fsp3) is 0.600. The fourth-order valence-electron chi connectivity index (χ4n) is 2.69. The highest BCUT2D eigenvalue weighted by molar-refractivity contribution is 5.79. The van der Waals surface area contributed by atoms with Crippen molar-refractivity contribution < 1.29 is 19.8 Å². The number of rotatable bonds is 10. The van der Waals surface area contributed by atoms with Crippen LogP contribution in [0, 0.1) is 17.8 Å². The number of allylic oxidation sites excluding steroid dienone is 1. The lowest BCUT2D eigenvalue weighted by Gasteiger charge is -2.21. The van der Waals surface area contributed by atoms with Crippen molar-refractivity contribution >= 4 is 11.9 Å². The van der Waals surface area contributed by atoms with Crippen LogP contribution in [0.15, 0.2) is 24.3 Å². The Labute approximate surface area is 150 Å². The maximum absolute atomic E-state index is 12.0. The number of carboxylic acid groups (broad SMARTS) is 1. The van der Waals surface area contributed by atoms with Crippen LogP contribution in [0.2, 0.25) is 0 Å². The van der Waals surface area contributed by atoms with E-state index in [9.17, 15) is 14.7 Å². The molecule has 138 valence electrons. The molecule has 5 nitrogen and oxygen atoms in total. The van der Waals surface area contributed by atoms with E-state index >= 15 is 0 Å². The highest BCUT2D eigenvalue weighted by atomic mass is 16.4. The van der Waals surface area contributed by atoms with Crippen molar-refractivity contribution in [3.8, 4) is 11.8 Å². The molecule has 0 aromatic rings. The van der Waals surface area contributed by atoms with Gasteiger partial charge in [-0.25, -0.2) is 0 Å². The quantitative estimate of drug-likeness (QED) is 0.362. The van der Waals surface area contributed by atoms with Crippen molar-refractivity contribution in [2.24, 2.45) is 5.92 Å². The van der Waals surface area contributed by atoms with Crippen LogP contribution in [0.5, 0.6) is 0 Å². The van der Waals surface area contributed by atoms with Gasteiger partial charge in [-0.3, -0.25) is 9.59 Å². The Morgan fingerprint density at radius 2 is 2.20 bits per heavy atom. The number of aliphatic hydroxyl groups is 1. The number of hydrogen-bond acceptors (Lipinski definition) is 3. The van der Waals surface area contributed by atoms with Crippen molar-refractivity contribution in [2.45, 2.75) is 64.5 Å². The second-order valence-corrected chi connectivity index (χ2v) is 6.39. The maximum Gasteiger partial charge on any atom is 0.303 e. The number of amides is 1. The summed E-state index contributed by atoms with van der Waals surface area (Å²) in [7, 11) is 0. The van der Waals surface area contributed by atoms with Gasteiger partial charge in [-0.05, 0) is 32.1 Å². The topological polar surface area (TPSA) is 77.8 Å². The van der Waals surface area contributed by atoms with Gasteiger partial charge in [-0.1, -0.05) is 31.2 Å². The second-order valence-electron chi connectivity index (χ2n) is 6.39. The molecule has 25 heavy (non-hydrogen) atoms. The zero-order valence-electron chi connectivity index (χ0n) is 15.1. The van der Waals surface area contributed by atoms with Crippen LogP contribution in [0.1, 0.15) is 52.4 Å². The molecule has 0 unspecified atom stereocenters.